The van der Waals surface area contributed by atoms with Gasteiger partial charge in [0.1, 0.15) is 5.75 Å². The Balaban J connectivity index is 1.98. The number of rotatable bonds is 7. The number of carbonyl (C=O) groups excluding carboxylic acids is 3. The normalized spacial score (nSPS) is 16.7. The molecule has 0 saturated carbocycles. The minimum Gasteiger partial charge on any atom is -0.497 e. The first-order valence-electron chi connectivity index (χ1n) is 8.38. The molecule has 1 fully saturated rings. The fraction of sp³-hybridized carbons (Fsp3) is 0.500. The number of hydrogen-bond acceptors (Lipinski definition) is 4. The van der Waals surface area contributed by atoms with Gasteiger partial charge in [-0.05, 0) is 24.6 Å². The lowest BCUT2D eigenvalue weighted by molar-refractivity contribution is -0.139. The van der Waals surface area contributed by atoms with Crippen molar-refractivity contribution >= 4 is 17.7 Å². The summed E-state index contributed by atoms with van der Waals surface area (Å²) in [6.07, 6.45) is 0.194. The molecule has 7 nitrogen and oxygen atoms in total. The van der Waals surface area contributed by atoms with Gasteiger partial charge in [-0.15, -0.1) is 0 Å². The van der Waals surface area contributed by atoms with E-state index in [4.69, 9.17) is 4.74 Å². The smallest absolute Gasteiger partial charge is 0.239 e. The van der Waals surface area contributed by atoms with Crippen LogP contribution >= 0.6 is 0 Å². The average Bonchev–Trinajstić information content (AvgIpc) is 3.00. The van der Waals surface area contributed by atoms with Crippen molar-refractivity contribution in [3.8, 4) is 5.75 Å². The second kappa shape index (κ2) is 8.50. The average molecular weight is 347 g/mol. The molecule has 0 aliphatic carbocycles. The van der Waals surface area contributed by atoms with Crippen molar-refractivity contribution in [2.45, 2.75) is 19.9 Å². The van der Waals surface area contributed by atoms with Crippen LogP contribution < -0.4 is 10.1 Å². The molecule has 7 heteroatoms. The van der Waals surface area contributed by atoms with Gasteiger partial charge in [-0.3, -0.25) is 14.4 Å². The standard InChI is InChI=1S/C18H25N3O4/c1-4-20(12-16(22)19-2)18(24)14-9-17(23)21(11-14)10-13-5-7-15(25-3)8-6-13/h5-8,14H,4,9-12H2,1-3H3,(H,19,22). The monoisotopic (exact) mass is 347 g/mol. The van der Waals surface area contributed by atoms with E-state index in [0.717, 1.165) is 11.3 Å². The number of methoxy groups -OCH3 is 1. The van der Waals surface area contributed by atoms with Crippen LogP contribution in [0.3, 0.4) is 0 Å². The Kier molecular flexibility index (Phi) is 6.38. The van der Waals surface area contributed by atoms with Gasteiger partial charge in [-0.25, -0.2) is 0 Å². The van der Waals surface area contributed by atoms with Gasteiger partial charge in [0.2, 0.25) is 17.7 Å². The number of benzene rings is 1. The number of ether oxygens (including phenoxy) is 1. The highest BCUT2D eigenvalue weighted by Crippen LogP contribution is 2.23. The zero-order valence-electron chi connectivity index (χ0n) is 14.9. The van der Waals surface area contributed by atoms with E-state index in [2.05, 4.69) is 5.32 Å². The summed E-state index contributed by atoms with van der Waals surface area (Å²) < 4.78 is 5.13. The van der Waals surface area contributed by atoms with E-state index in [1.54, 1.807) is 12.0 Å². The number of nitrogens with zero attached hydrogens (tertiary/aromatic N) is 2. The summed E-state index contributed by atoms with van der Waals surface area (Å²) in [4.78, 5) is 39.6. The first-order chi connectivity index (χ1) is 12.0. The maximum absolute atomic E-state index is 12.6. The maximum atomic E-state index is 12.6. The van der Waals surface area contributed by atoms with E-state index in [0.29, 0.717) is 19.6 Å². The highest BCUT2D eigenvalue weighted by Gasteiger charge is 2.36. The van der Waals surface area contributed by atoms with Crippen LogP contribution in [-0.4, -0.2) is 61.3 Å². The molecular weight excluding hydrogens is 322 g/mol. The van der Waals surface area contributed by atoms with Crippen molar-refractivity contribution < 1.29 is 19.1 Å². The largest absolute Gasteiger partial charge is 0.497 e. The van der Waals surface area contributed by atoms with E-state index in [-0.39, 0.29) is 30.7 Å². The van der Waals surface area contributed by atoms with Crippen molar-refractivity contribution in [1.82, 2.24) is 15.1 Å². The van der Waals surface area contributed by atoms with Gasteiger partial charge >= 0.3 is 0 Å². The Hall–Kier alpha value is -2.57. The lowest BCUT2D eigenvalue weighted by atomic mass is 10.1. The van der Waals surface area contributed by atoms with Crippen LogP contribution in [-0.2, 0) is 20.9 Å². The molecule has 1 aliphatic heterocycles. The third-order valence-corrected chi connectivity index (χ3v) is 4.40. The Bertz CT molecular complexity index is 630. The summed E-state index contributed by atoms with van der Waals surface area (Å²) in [6.45, 7) is 3.14. The first-order valence-corrected chi connectivity index (χ1v) is 8.38. The van der Waals surface area contributed by atoms with Gasteiger partial charge in [0.25, 0.3) is 0 Å². The lowest BCUT2D eigenvalue weighted by Gasteiger charge is -2.23. The molecule has 0 spiro atoms. The third kappa shape index (κ3) is 4.71. The van der Waals surface area contributed by atoms with Crippen LogP contribution in [0.1, 0.15) is 18.9 Å². The van der Waals surface area contributed by atoms with E-state index in [1.165, 1.54) is 11.9 Å². The predicted octanol–water partition coefficient (Wildman–Crippen LogP) is 0.638. The molecule has 1 saturated heterocycles. The molecule has 1 N–H and O–H groups in total. The van der Waals surface area contributed by atoms with Crippen LogP contribution in [0.2, 0.25) is 0 Å². The summed E-state index contributed by atoms with van der Waals surface area (Å²) in [5, 5.41) is 2.51. The highest BCUT2D eigenvalue weighted by atomic mass is 16.5. The van der Waals surface area contributed by atoms with E-state index in [1.807, 2.05) is 31.2 Å². The molecular formula is C18H25N3O4. The van der Waals surface area contributed by atoms with Gasteiger partial charge < -0.3 is 19.9 Å². The number of likely N-dealkylation sites (N-methyl/N-ethyl adjacent to an activating group) is 2. The summed E-state index contributed by atoms with van der Waals surface area (Å²) in [6, 6.07) is 7.51. The van der Waals surface area contributed by atoms with Gasteiger partial charge in [-0.1, -0.05) is 12.1 Å². The second-order valence-corrected chi connectivity index (χ2v) is 6.05. The van der Waals surface area contributed by atoms with Crippen molar-refractivity contribution in [1.29, 1.82) is 0 Å². The Morgan fingerprint density at radius 2 is 2.00 bits per heavy atom. The molecule has 3 amide bonds. The molecule has 1 aliphatic rings. The fourth-order valence-corrected chi connectivity index (χ4v) is 2.90. The van der Waals surface area contributed by atoms with Gasteiger partial charge in [0.05, 0.1) is 19.6 Å². The van der Waals surface area contributed by atoms with Gasteiger partial charge in [0, 0.05) is 33.1 Å². The zero-order valence-corrected chi connectivity index (χ0v) is 14.9. The number of carbonyl (C=O) groups is 3. The number of likely N-dealkylation sites (tertiary alicyclic amines) is 1. The molecule has 136 valence electrons. The quantitative estimate of drug-likeness (QED) is 0.785. The highest BCUT2D eigenvalue weighted by molar-refractivity contribution is 5.91. The SMILES string of the molecule is CCN(CC(=O)NC)C(=O)C1CC(=O)N(Cc2ccc(OC)cc2)C1. The van der Waals surface area contributed by atoms with Crippen molar-refractivity contribution in [3.05, 3.63) is 29.8 Å². The number of nitrogens with one attached hydrogen (secondary N) is 1. The van der Waals surface area contributed by atoms with Crippen LogP contribution in [0.4, 0.5) is 0 Å². The van der Waals surface area contributed by atoms with E-state index < -0.39 is 5.92 Å². The minimum atomic E-state index is -0.393. The molecule has 0 radical (unpaired) electrons. The van der Waals surface area contributed by atoms with Crippen LogP contribution in [0, 0.1) is 5.92 Å². The van der Waals surface area contributed by atoms with E-state index in [9.17, 15) is 14.4 Å². The summed E-state index contributed by atoms with van der Waals surface area (Å²) >= 11 is 0. The van der Waals surface area contributed by atoms with Gasteiger partial charge in [0.15, 0.2) is 0 Å². The Morgan fingerprint density at radius 1 is 1.32 bits per heavy atom. The molecule has 25 heavy (non-hydrogen) atoms. The van der Waals surface area contributed by atoms with Crippen LogP contribution in [0.5, 0.6) is 5.75 Å². The molecule has 1 heterocycles. The fourth-order valence-electron chi connectivity index (χ4n) is 2.90. The van der Waals surface area contributed by atoms with Crippen molar-refractivity contribution in [2.75, 3.05) is 33.8 Å². The zero-order chi connectivity index (χ0) is 18.4. The molecule has 1 aromatic rings. The van der Waals surface area contributed by atoms with Crippen molar-refractivity contribution in [3.63, 3.8) is 0 Å². The topological polar surface area (TPSA) is 79.0 Å². The van der Waals surface area contributed by atoms with E-state index >= 15 is 0 Å². The van der Waals surface area contributed by atoms with Gasteiger partial charge in [-0.2, -0.15) is 0 Å². The Morgan fingerprint density at radius 3 is 2.56 bits per heavy atom. The van der Waals surface area contributed by atoms with Crippen molar-refractivity contribution in [2.24, 2.45) is 5.92 Å². The second-order valence-electron chi connectivity index (χ2n) is 6.05. The molecule has 1 atom stereocenters. The number of hydrogen-bond donors (Lipinski definition) is 1. The molecule has 0 aromatic heterocycles. The summed E-state index contributed by atoms with van der Waals surface area (Å²) in [7, 11) is 3.14. The maximum Gasteiger partial charge on any atom is 0.239 e. The minimum absolute atomic E-state index is 0.0228. The predicted molar refractivity (Wildman–Crippen MR) is 92.8 cm³/mol. The molecule has 0 bridgehead atoms. The lowest BCUT2D eigenvalue weighted by Crippen LogP contribution is -2.43. The number of amides is 3. The molecule has 1 unspecified atom stereocenters. The molecule has 2 rings (SSSR count). The first kappa shape index (κ1) is 18.8. The third-order valence-electron chi connectivity index (χ3n) is 4.40. The Labute approximate surface area is 147 Å². The summed E-state index contributed by atoms with van der Waals surface area (Å²) in [5.41, 5.74) is 0.986. The van der Waals surface area contributed by atoms with Crippen LogP contribution in [0.25, 0.3) is 0 Å². The summed E-state index contributed by atoms with van der Waals surface area (Å²) in [5.74, 6) is -0.0239. The molecule has 1 aromatic carbocycles. The van der Waals surface area contributed by atoms with Crippen LogP contribution in [0.15, 0.2) is 24.3 Å².